The van der Waals surface area contributed by atoms with Crippen molar-refractivity contribution in [3.8, 4) is 11.3 Å². The minimum absolute atomic E-state index is 1.06. The van der Waals surface area contributed by atoms with Crippen molar-refractivity contribution in [2.24, 2.45) is 5.10 Å². The van der Waals surface area contributed by atoms with Crippen molar-refractivity contribution in [3.05, 3.63) is 72.3 Å². The highest BCUT2D eigenvalue weighted by molar-refractivity contribution is 6.06. The predicted octanol–water partition coefficient (Wildman–Crippen LogP) is 3.62. The van der Waals surface area contributed by atoms with Crippen LogP contribution in [0.3, 0.4) is 0 Å². The van der Waals surface area contributed by atoms with Crippen molar-refractivity contribution in [2.45, 2.75) is 6.92 Å². The summed E-state index contributed by atoms with van der Waals surface area (Å²) in [7, 11) is 0. The second kappa shape index (κ2) is 5.53. The zero-order chi connectivity index (χ0) is 15.6. The number of benzene rings is 2. The fourth-order valence-corrected chi connectivity index (χ4v) is 2.73. The molecule has 5 heteroatoms. The standard InChI is InChI=1S/C18H15N5/c1-13-6-5-9-15-16(10-21-23-11-19-20-12-23)18(22-17(13)15)14-7-3-2-4-8-14/h2-12,22H,1H3/b21-10-. The number of nitrogens with zero attached hydrogens (tertiary/aromatic N) is 4. The van der Waals surface area contributed by atoms with Crippen LogP contribution in [0.5, 0.6) is 0 Å². The van der Waals surface area contributed by atoms with E-state index < -0.39 is 0 Å². The number of aryl methyl sites for hydroxylation is 1. The lowest BCUT2D eigenvalue weighted by Gasteiger charge is -2.00. The lowest BCUT2D eigenvalue weighted by atomic mass is 10.1. The number of nitrogens with one attached hydrogen (secondary N) is 1. The fourth-order valence-electron chi connectivity index (χ4n) is 2.73. The third-order valence-corrected chi connectivity index (χ3v) is 3.87. The molecule has 0 saturated carbocycles. The first-order chi connectivity index (χ1) is 11.3. The Bertz CT molecular complexity index is 966. The van der Waals surface area contributed by atoms with Gasteiger partial charge in [0.2, 0.25) is 0 Å². The summed E-state index contributed by atoms with van der Waals surface area (Å²) in [4.78, 5) is 3.55. The van der Waals surface area contributed by atoms with Gasteiger partial charge in [-0.2, -0.15) is 5.10 Å². The highest BCUT2D eigenvalue weighted by Crippen LogP contribution is 2.30. The molecule has 0 amide bonds. The number of H-pyrrole nitrogens is 1. The highest BCUT2D eigenvalue weighted by Gasteiger charge is 2.12. The minimum Gasteiger partial charge on any atom is -0.354 e. The largest absolute Gasteiger partial charge is 0.354 e. The van der Waals surface area contributed by atoms with Gasteiger partial charge in [-0.25, -0.2) is 4.68 Å². The molecule has 0 atom stereocenters. The average Bonchev–Trinajstić information content (AvgIpc) is 3.22. The van der Waals surface area contributed by atoms with Gasteiger partial charge in [0.25, 0.3) is 0 Å². The third kappa shape index (κ3) is 2.42. The lowest BCUT2D eigenvalue weighted by molar-refractivity contribution is 0.878. The Morgan fingerprint density at radius 1 is 1.00 bits per heavy atom. The molecule has 0 unspecified atom stereocenters. The van der Waals surface area contributed by atoms with E-state index in [1.165, 1.54) is 5.56 Å². The van der Waals surface area contributed by atoms with Gasteiger partial charge in [0.1, 0.15) is 12.7 Å². The van der Waals surface area contributed by atoms with E-state index in [0.29, 0.717) is 0 Å². The summed E-state index contributed by atoms with van der Waals surface area (Å²) >= 11 is 0. The van der Waals surface area contributed by atoms with Gasteiger partial charge in [-0.1, -0.05) is 48.5 Å². The molecule has 0 saturated heterocycles. The number of hydrogen-bond donors (Lipinski definition) is 1. The van der Waals surface area contributed by atoms with Crippen LogP contribution in [0, 0.1) is 6.92 Å². The third-order valence-electron chi connectivity index (χ3n) is 3.87. The van der Waals surface area contributed by atoms with Gasteiger partial charge in [-0.3, -0.25) is 0 Å². The molecule has 1 N–H and O–H groups in total. The summed E-state index contributed by atoms with van der Waals surface area (Å²) in [6.07, 6.45) is 4.99. The van der Waals surface area contributed by atoms with Gasteiger partial charge >= 0.3 is 0 Å². The molecule has 0 radical (unpaired) electrons. The second-order valence-corrected chi connectivity index (χ2v) is 5.36. The number of fused-ring (bicyclic) bond motifs is 1. The number of aromatic nitrogens is 4. The quantitative estimate of drug-likeness (QED) is 0.588. The van der Waals surface area contributed by atoms with E-state index in [2.05, 4.69) is 57.5 Å². The van der Waals surface area contributed by atoms with E-state index in [9.17, 15) is 0 Å². The van der Waals surface area contributed by atoms with Crippen LogP contribution >= 0.6 is 0 Å². The summed E-state index contributed by atoms with van der Waals surface area (Å²) in [5.41, 5.74) is 5.60. The van der Waals surface area contributed by atoms with Gasteiger partial charge in [-0.15, -0.1) is 10.2 Å². The first-order valence-corrected chi connectivity index (χ1v) is 7.38. The maximum atomic E-state index is 4.42. The summed E-state index contributed by atoms with van der Waals surface area (Å²) < 4.78 is 1.59. The summed E-state index contributed by atoms with van der Waals surface area (Å²) in [6.45, 7) is 2.11. The van der Waals surface area contributed by atoms with Crippen LogP contribution in [-0.4, -0.2) is 26.1 Å². The Hall–Kier alpha value is -3.21. The molecule has 4 rings (SSSR count). The van der Waals surface area contributed by atoms with Gasteiger partial charge < -0.3 is 4.98 Å². The Balaban J connectivity index is 1.94. The highest BCUT2D eigenvalue weighted by atomic mass is 15.4. The second-order valence-electron chi connectivity index (χ2n) is 5.36. The van der Waals surface area contributed by atoms with E-state index >= 15 is 0 Å². The molecule has 0 aliphatic carbocycles. The smallest absolute Gasteiger partial charge is 0.141 e. The topological polar surface area (TPSA) is 58.9 Å². The van der Waals surface area contributed by atoms with Crippen LogP contribution in [0.2, 0.25) is 0 Å². The van der Waals surface area contributed by atoms with Crippen LogP contribution in [0.15, 0.2) is 66.3 Å². The minimum atomic E-state index is 1.06. The predicted molar refractivity (Wildman–Crippen MR) is 91.5 cm³/mol. The zero-order valence-electron chi connectivity index (χ0n) is 12.6. The molecule has 0 fully saturated rings. The van der Waals surface area contributed by atoms with Crippen LogP contribution in [0.25, 0.3) is 22.2 Å². The number of hydrogen-bond acceptors (Lipinski definition) is 3. The maximum absolute atomic E-state index is 4.42. The average molecular weight is 301 g/mol. The normalized spacial score (nSPS) is 11.5. The molecule has 23 heavy (non-hydrogen) atoms. The summed E-state index contributed by atoms with van der Waals surface area (Å²) in [6, 6.07) is 16.6. The van der Waals surface area contributed by atoms with E-state index in [1.54, 1.807) is 17.3 Å². The van der Waals surface area contributed by atoms with Crippen molar-refractivity contribution in [2.75, 3.05) is 0 Å². The van der Waals surface area contributed by atoms with E-state index in [0.717, 1.165) is 27.7 Å². The Morgan fingerprint density at radius 3 is 2.57 bits per heavy atom. The molecule has 0 bridgehead atoms. The van der Waals surface area contributed by atoms with Crippen LogP contribution in [0.1, 0.15) is 11.1 Å². The zero-order valence-corrected chi connectivity index (χ0v) is 12.6. The fraction of sp³-hybridized carbons (Fsp3) is 0.0556. The lowest BCUT2D eigenvalue weighted by Crippen LogP contribution is -1.89. The van der Waals surface area contributed by atoms with Crippen molar-refractivity contribution in [1.29, 1.82) is 0 Å². The molecule has 2 aromatic carbocycles. The molecule has 0 aliphatic rings. The van der Waals surface area contributed by atoms with E-state index in [4.69, 9.17) is 0 Å². The van der Waals surface area contributed by atoms with Crippen molar-refractivity contribution >= 4 is 17.1 Å². The molecule has 112 valence electrons. The van der Waals surface area contributed by atoms with Gasteiger partial charge in [-0.05, 0) is 18.1 Å². The molecular weight excluding hydrogens is 286 g/mol. The van der Waals surface area contributed by atoms with Crippen LogP contribution in [-0.2, 0) is 0 Å². The molecule has 2 heterocycles. The van der Waals surface area contributed by atoms with Gasteiger partial charge in [0.15, 0.2) is 0 Å². The Labute approximate surface area is 133 Å². The Morgan fingerprint density at radius 2 is 1.78 bits per heavy atom. The number of para-hydroxylation sites is 1. The first-order valence-electron chi connectivity index (χ1n) is 7.38. The van der Waals surface area contributed by atoms with Crippen molar-refractivity contribution < 1.29 is 0 Å². The maximum Gasteiger partial charge on any atom is 0.141 e. The number of aromatic amines is 1. The molecule has 0 aliphatic heterocycles. The van der Waals surface area contributed by atoms with Crippen molar-refractivity contribution in [3.63, 3.8) is 0 Å². The molecule has 0 spiro atoms. The first kappa shape index (κ1) is 13.5. The molecule has 4 aromatic rings. The van der Waals surface area contributed by atoms with E-state index in [-0.39, 0.29) is 0 Å². The monoisotopic (exact) mass is 301 g/mol. The van der Waals surface area contributed by atoms with Crippen molar-refractivity contribution in [1.82, 2.24) is 19.9 Å². The van der Waals surface area contributed by atoms with Gasteiger partial charge in [0, 0.05) is 16.5 Å². The SMILES string of the molecule is Cc1cccc2c(/C=N\n3cnnc3)c(-c3ccccc3)[nH]c12. The Kier molecular flexibility index (Phi) is 3.24. The van der Waals surface area contributed by atoms with E-state index in [1.807, 2.05) is 24.4 Å². The molecule has 2 aromatic heterocycles. The molecule has 5 nitrogen and oxygen atoms in total. The number of rotatable bonds is 3. The summed E-state index contributed by atoms with van der Waals surface area (Å²) in [5.74, 6) is 0. The van der Waals surface area contributed by atoms with Crippen LogP contribution < -0.4 is 0 Å². The van der Waals surface area contributed by atoms with Crippen LogP contribution in [0.4, 0.5) is 0 Å². The summed E-state index contributed by atoms with van der Waals surface area (Å²) in [5, 5.41) is 13.1. The van der Waals surface area contributed by atoms with Gasteiger partial charge in [0.05, 0.1) is 11.9 Å². The molecular formula is C18H15N5.